The van der Waals surface area contributed by atoms with Crippen molar-refractivity contribution in [3.63, 3.8) is 0 Å². The number of halogens is 4. The van der Waals surface area contributed by atoms with Crippen molar-refractivity contribution in [3.05, 3.63) is 102 Å². The van der Waals surface area contributed by atoms with Crippen molar-refractivity contribution in [1.82, 2.24) is 49.3 Å². The third kappa shape index (κ3) is 9.67. The highest BCUT2D eigenvalue weighted by molar-refractivity contribution is 14.1. The number of aromatic nitrogens is 8. The first kappa shape index (κ1) is 47.1. The molecule has 2 aromatic carbocycles. The molecule has 8 heterocycles. The number of anilines is 2. The molecule has 0 bridgehead atoms. The highest BCUT2D eigenvalue weighted by atomic mass is 127. The van der Waals surface area contributed by atoms with Crippen LogP contribution in [0.15, 0.2) is 60.4 Å². The maximum atomic E-state index is 7.09. The largest absolute Gasteiger partial charge is 0.355 e. The summed E-state index contributed by atoms with van der Waals surface area (Å²) in [6, 6.07) is 12.7. The summed E-state index contributed by atoms with van der Waals surface area (Å²) in [5.41, 5.74) is 8.54. The predicted molar refractivity (Wildman–Crippen MR) is 281 cm³/mol. The molecule has 6 atom stereocenters. The molecule has 3 saturated heterocycles. The SMILES string of the molecule is Cc1nn(C(C)c2ccc(Cl)cc2I)c2nc(N3CCC(N4CC=C(CC(c5ccc(Cl)cc5Cl)n5nc(C)c6ncc(N7CCC(N8CCCCCCC8)C(C)C7)nc65)C4)C(C)C3)cnc12. The molecule has 354 valence electrons. The first-order valence-corrected chi connectivity index (χ1v) is 26.6. The van der Waals surface area contributed by atoms with Crippen LogP contribution in [0.4, 0.5) is 11.6 Å². The Hall–Kier alpha value is -3.60. The van der Waals surface area contributed by atoms with Crippen molar-refractivity contribution >= 4 is 91.4 Å². The summed E-state index contributed by atoms with van der Waals surface area (Å²) in [5.74, 6) is 2.78. The Labute approximate surface area is 423 Å². The Morgan fingerprint density at radius 2 is 1.24 bits per heavy atom. The van der Waals surface area contributed by atoms with Crippen LogP contribution in [0.25, 0.3) is 22.3 Å². The maximum Gasteiger partial charge on any atom is 0.179 e. The Morgan fingerprint density at radius 3 is 1.84 bits per heavy atom. The summed E-state index contributed by atoms with van der Waals surface area (Å²) in [6.07, 6.45) is 16.0. The van der Waals surface area contributed by atoms with Crippen LogP contribution in [0.3, 0.4) is 0 Å². The summed E-state index contributed by atoms with van der Waals surface area (Å²) < 4.78 is 5.22. The monoisotopic (exact) mass is 1070 g/mol. The number of hydrogen-bond donors (Lipinski definition) is 0. The van der Waals surface area contributed by atoms with Gasteiger partial charge < -0.3 is 9.80 Å². The van der Waals surface area contributed by atoms with E-state index in [-0.39, 0.29) is 12.1 Å². The van der Waals surface area contributed by atoms with Gasteiger partial charge in [-0.1, -0.05) is 91.7 Å². The van der Waals surface area contributed by atoms with Crippen molar-refractivity contribution in [2.75, 3.05) is 62.2 Å². The first-order chi connectivity index (χ1) is 32.4. The van der Waals surface area contributed by atoms with Gasteiger partial charge >= 0.3 is 0 Å². The Kier molecular flexibility index (Phi) is 14.1. The van der Waals surface area contributed by atoms with Gasteiger partial charge in [0.05, 0.1) is 35.9 Å². The Morgan fingerprint density at radius 1 is 0.687 bits per heavy atom. The molecular formula is C51H62Cl3IN12. The lowest BCUT2D eigenvalue weighted by molar-refractivity contribution is 0.118. The summed E-state index contributed by atoms with van der Waals surface area (Å²) in [4.78, 5) is 30.9. The molecule has 6 aromatic rings. The number of nitrogens with zero attached hydrogens (tertiary/aromatic N) is 12. The second-order valence-electron chi connectivity index (χ2n) is 19.7. The van der Waals surface area contributed by atoms with E-state index in [0.717, 1.165) is 124 Å². The van der Waals surface area contributed by atoms with Crippen LogP contribution in [-0.4, -0.2) is 114 Å². The summed E-state index contributed by atoms with van der Waals surface area (Å²) in [7, 11) is 0. The fraction of sp³-hybridized carbons (Fsp3) is 0.529. The average molecular weight is 1080 g/mol. The van der Waals surface area contributed by atoms with Gasteiger partial charge in [-0.25, -0.2) is 29.3 Å². The van der Waals surface area contributed by atoms with E-state index in [1.807, 2.05) is 55.2 Å². The second kappa shape index (κ2) is 20.0. The van der Waals surface area contributed by atoms with E-state index in [4.69, 9.17) is 64.9 Å². The molecule has 67 heavy (non-hydrogen) atoms. The van der Waals surface area contributed by atoms with Crippen LogP contribution in [0, 0.1) is 29.3 Å². The molecule has 16 heteroatoms. The maximum absolute atomic E-state index is 7.09. The molecule has 10 rings (SSSR count). The van der Waals surface area contributed by atoms with E-state index in [9.17, 15) is 0 Å². The number of aryl methyl sites for hydroxylation is 2. The molecule has 4 aromatic heterocycles. The fourth-order valence-electron chi connectivity index (χ4n) is 11.6. The minimum absolute atomic E-state index is 0.0290. The third-order valence-corrected chi connectivity index (χ3v) is 16.9. The number of benzene rings is 2. The number of hydrogen-bond acceptors (Lipinski definition) is 10. The van der Waals surface area contributed by atoms with E-state index in [2.05, 4.69) is 85.9 Å². The summed E-state index contributed by atoms with van der Waals surface area (Å²) in [5, 5.41) is 12.1. The zero-order chi connectivity index (χ0) is 46.5. The van der Waals surface area contributed by atoms with Crippen LogP contribution < -0.4 is 9.80 Å². The lowest BCUT2D eigenvalue weighted by Crippen LogP contribution is -2.51. The minimum atomic E-state index is -0.191. The number of fused-ring (bicyclic) bond motifs is 2. The quantitative estimate of drug-likeness (QED) is 0.0974. The number of piperidine rings is 2. The zero-order valence-corrected chi connectivity index (χ0v) is 43.8. The standard InChI is InChI=1S/C51H62Cl3IN12/c1-31-28-64(21-16-43(31)62-18-9-7-6-8-10-19-62)47-27-57-49-34(4)61-67(51(49)59-47)45(40-14-12-37(52)24-41(40)54)23-36-15-20-63(30-36)44-17-22-65(29-32(44)2)46-26-56-48-33(3)60-66(50(48)58-46)35(5)39-13-11-38(53)25-42(39)55/h11-15,24-27,31-32,35,43-45H,6-10,16-23,28-30H2,1-5H3. The third-order valence-electron chi connectivity index (χ3n) is 15.2. The van der Waals surface area contributed by atoms with Crippen molar-refractivity contribution in [2.24, 2.45) is 11.8 Å². The smallest absolute Gasteiger partial charge is 0.179 e. The molecule has 3 fully saturated rings. The number of likely N-dealkylation sites (tertiary alicyclic amines) is 1. The normalized spacial score (nSPS) is 23.4. The van der Waals surface area contributed by atoms with Gasteiger partial charge in [0, 0.05) is 70.0 Å². The van der Waals surface area contributed by atoms with Crippen molar-refractivity contribution < 1.29 is 0 Å². The number of rotatable bonds is 10. The van der Waals surface area contributed by atoms with E-state index >= 15 is 0 Å². The van der Waals surface area contributed by atoms with Crippen molar-refractivity contribution in [1.29, 1.82) is 0 Å². The van der Waals surface area contributed by atoms with Gasteiger partial charge in [0.1, 0.15) is 22.7 Å². The molecule has 0 radical (unpaired) electrons. The molecule has 0 amide bonds. The van der Waals surface area contributed by atoms with Gasteiger partial charge in [0.15, 0.2) is 11.3 Å². The highest BCUT2D eigenvalue weighted by Crippen LogP contribution is 2.38. The van der Waals surface area contributed by atoms with Crippen LogP contribution in [0.1, 0.15) is 107 Å². The van der Waals surface area contributed by atoms with Crippen LogP contribution in [-0.2, 0) is 0 Å². The van der Waals surface area contributed by atoms with Crippen LogP contribution in [0.2, 0.25) is 15.1 Å². The Bertz CT molecular complexity index is 2780. The average Bonchev–Trinajstić information content (AvgIpc) is 4.00. The molecule has 0 aliphatic carbocycles. The van der Waals surface area contributed by atoms with Crippen LogP contribution >= 0.6 is 57.4 Å². The van der Waals surface area contributed by atoms with Gasteiger partial charge in [-0.2, -0.15) is 10.2 Å². The topological polar surface area (TPSA) is 100 Å². The molecule has 0 N–H and O–H groups in total. The van der Waals surface area contributed by atoms with Gasteiger partial charge in [-0.3, -0.25) is 9.80 Å². The van der Waals surface area contributed by atoms with Gasteiger partial charge in [-0.15, -0.1) is 0 Å². The zero-order valence-electron chi connectivity index (χ0n) is 39.4. The Balaban J connectivity index is 0.848. The van der Waals surface area contributed by atoms with E-state index in [0.29, 0.717) is 34.0 Å². The summed E-state index contributed by atoms with van der Waals surface area (Å²) >= 11 is 22.3. The fourth-order valence-corrected chi connectivity index (χ4v) is 13.5. The van der Waals surface area contributed by atoms with Crippen LogP contribution in [0.5, 0.6) is 0 Å². The molecule has 0 spiro atoms. The summed E-state index contributed by atoms with van der Waals surface area (Å²) in [6.45, 7) is 19.0. The predicted octanol–water partition coefficient (Wildman–Crippen LogP) is 11.4. The molecule has 12 nitrogen and oxygen atoms in total. The molecule has 6 unspecified atom stereocenters. The van der Waals surface area contributed by atoms with E-state index in [1.165, 1.54) is 50.8 Å². The lowest BCUT2D eigenvalue weighted by atomic mass is 9.91. The molecular weight excluding hydrogens is 1010 g/mol. The molecule has 0 saturated carbocycles. The van der Waals surface area contributed by atoms with Gasteiger partial charge in [0.25, 0.3) is 0 Å². The van der Waals surface area contributed by atoms with Gasteiger partial charge in [0.2, 0.25) is 0 Å². The molecule has 4 aliphatic rings. The van der Waals surface area contributed by atoms with E-state index < -0.39 is 0 Å². The van der Waals surface area contributed by atoms with Crippen molar-refractivity contribution in [2.45, 2.75) is 110 Å². The van der Waals surface area contributed by atoms with Crippen molar-refractivity contribution in [3.8, 4) is 0 Å². The second-order valence-corrected chi connectivity index (χ2v) is 22.2. The minimum Gasteiger partial charge on any atom is -0.355 e. The first-order valence-electron chi connectivity index (χ1n) is 24.4. The highest BCUT2D eigenvalue weighted by Gasteiger charge is 2.36. The van der Waals surface area contributed by atoms with Gasteiger partial charge in [-0.05, 0) is 136 Å². The lowest BCUT2D eigenvalue weighted by Gasteiger charge is -2.43. The molecule has 4 aliphatic heterocycles. The van der Waals surface area contributed by atoms with E-state index in [1.54, 1.807) is 0 Å².